The molecule has 6 heteroatoms. The summed E-state index contributed by atoms with van der Waals surface area (Å²) in [7, 11) is 0. The van der Waals surface area contributed by atoms with Crippen molar-refractivity contribution < 1.29 is 0 Å². The van der Waals surface area contributed by atoms with Crippen molar-refractivity contribution in [1.29, 1.82) is 0 Å². The Kier molecular flexibility index (Phi) is 0.974. The quantitative estimate of drug-likeness (QED) is 0.517. The molecule has 11 heavy (non-hydrogen) atoms. The van der Waals surface area contributed by atoms with Gasteiger partial charge in [-0.15, -0.1) is 10.2 Å². The molecule has 0 amide bonds. The lowest BCUT2D eigenvalue weighted by atomic mass is 10.6. The van der Waals surface area contributed by atoms with Crippen molar-refractivity contribution in [3.05, 3.63) is 12.4 Å². The van der Waals surface area contributed by atoms with Gasteiger partial charge in [-0.1, -0.05) is 0 Å². The summed E-state index contributed by atoms with van der Waals surface area (Å²) < 4.78 is 1.52. The van der Waals surface area contributed by atoms with E-state index in [2.05, 4.69) is 15.2 Å². The number of anilines is 2. The van der Waals surface area contributed by atoms with Gasteiger partial charge in [0.2, 0.25) is 5.95 Å². The number of fused-ring (bicyclic) bond motifs is 1. The molecule has 0 aromatic carbocycles. The minimum Gasteiger partial charge on any atom is -0.396 e. The molecular formula is C5H6N6. The van der Waals surface area contributed by atoms with E-state index in [9.17, 15) is 0 Å². The Morgan fingerprint density at radius 1 is 1.27 bits per heavy atom. The van der Waals surface area contributed by atoms with Gasteiger partial charge in [0.05, 0.1) is 11.9 Å². The molecule has 0 aliphatic rings. The first kappa shape index (κ1) is 5.90. The largest absolute Gasteiger partial charge is 0.396 e. The lowest BCUT2D eigenvalue weighted by Gasteiger charge is -1.93. The SMILES string of the molecule is Nc1cnc2nnc(N)n2c1. The highest BCUT2D eigenvalue weighted by Gasteiger charge is 2.00. The molecule has 0 unspecified atom stereocenters. The van der Waals surface area contributed by atoms with Crippen molar-refractivity contribution in [2.75, 3.05) is 11.5 Å². The van der Waals surface area contributed by atoms with E-state index in [1.54, 1.807) is 6.20 Å². The van der Waals surface area contributed by atoms with Gasteiger partial charge in [-0.2, -0.15) is 0 Å². The molecule has 6 nitrogen and oxygen atoms in total. The van der Waals surface area contributed by atoms with Crippen LogP contribution < -0.4 is 11.5 Å². The molecule has 0 spiro atoms. The highest BCUT2D eigenvalue weighted by Crippen LogP contribution is 2.04. The fourth-order valence-corrected chi connectivity index (χ4v) is 0.821. The number of aromatic nitrogens is 4. The summed E-state index contributed by atoms with van der Waals surface area (Å²) >= 11 is 0. The highest BCUT2D eigenvalue weighted by atomic mass is 15.3. The minimum atomic E-state index is 0.291. The normalized spacial score (nSPS) is 10.5. The summed E-state index contributed by atoms with van der Waals surface area (Å²) in [5.41, 5.74) is 11.4. The molecule has 2 aromatic rings. The zero-order valence-corrected chi connectivity index (χ0v) is 5.60. The summed E-state index contributed by atoms with van der Waals surface area (Å²) in [6, 6.07) is 0. The average molecular weight is 150 g/mol. The second-order valence-electron chi connectivity index (χ2n) is 2.12. The third-order valence-corrected chi connectivity index (χ3v) is 1.31. The van der Waals surface area contributed by atoms with E-state index < -0.39 is 0 Å². The predicted molar refractivity (Wildman–Crippen MR) is 39.6 cm³/mol. The Hall–Kier alpha value is -1.85. The van der Waals surface area contributed by atoms with E-state index in [1.165, 1.54) is 10.6 Å². The molecule has 0 saturated carbocycles. The molecule has 0 fully saturated rings. The minimum absolute atomic E-state index is 0.291. The van der Waals surface area contributed by atoms with Crippen LogP contribution in [0.15, 0.2) is 12.4 Å². The van der Waals surface area contributed by atoms with Crippen molar-refractivity contribution in [3.8, 4) is 0 Å². The fraction of sp³-hybridized carbons (Fsp3) is 0. The van der Waals surface area contributed by atoms with Gasteiger partial charge in [0.15, 0.2) is 0 Å². The summed E-state index contributed by atoms with van der Waals surface area (Å²) in [5.74, 6) is 0.747. The topological polar surface area (TPSA) is 95.1 Å². The van der Waals surface area contributed by atoms with Crippen molar-refractivity contribution in [3.63, 3.8) is 0 Å². The number of hydrogen-bond donors (Lipinski definition) is 2. The van der Waals surface area contributed by atoms with Crippen LogP contribution in [-0.2, 0) is 0 Å². The van der Waals surface area contributed by atoms with Crippen molar-refractivity contribution in [2.45, 2.75) is 0 Å². The molecular weight excluding hydrogens is 144 g/mol. The number of hydrogen-bond acceptors (Lipinski definition) is 5. The maximum atomic E-state index is 5.46. The van der Waals surface area contributed by atoms with Crippen LogP contribution in [-0.4, -0.2) is 19.6 Å². The molecule has 0 aliphatic carbocycles. The van der Waals surface area contributed by atoms with E-state index in [0.29, 0.717) is 17.4 Å². The molecule has 0 bridgehead atoms. The van der Waals surface area contributed by atoms with Crippen molar-refractivity contribution in [2.24, 2.45) is 0 Å². The van der Waals surface area contributed by atoms with Gasteiger partial charge in [-0.25, -0.2) is 4.98 Å². The Morgan fingerprint density at radius 3 is 2.91 bits per heavy atom. The van der Waals surface area contributed by atoms with Gasteiger partial charge in [-0.3, -0.25) is 4.40 Å². The van der Waals surface area contributed by atoms with Crippen LogP contribution in [0, 0.1) is 0 Å². The summed E-state index contributed by atoms with van der Waals surface area (Å²) in [4.78, 5) is 3.89. The zero-order valence-electron chi connectivity index (χ0n) is 5.60. The Balaban J connectivity index is 2.87. The van der Waals surface area contributed by atoms with E-state index in [4.69, 9.17) is 11.5 Å². The monoisotopic (exact) mass is 150 g/mol. The van der Waals surface area contributed by atoms with E-state index >= 15 is 0 Å². The zero-order chi connectivity index (χ0) is 7.84. The van der Waals surface area contributed by atoms with E-state index in [0.717, 1.165) is 0 Å². The summed E-state index contributed by atoms with van der Waals surface area (Å²) in [6.07, 6.45) is 3.13. The summed E-state index contributed by atoms with van der Waals surface area (Å²) in [6.45, 7) is 0. The number of nitrogens with two attached hydrogens (primary N) is 2. The molecule has 2 heterocycles. The third-order valence-electron chi connectivity index (χ3n) is 1.31. The second kappa shape index (κ2) is 1.82. The van der Waals surface area contributed by atoms with Gasteiger partial charge in [0.25, 0.3) is 5.78 Å². The Morgan fingerprint density at radius 2 is 2.09 bits per heavy atom. The van der Waals surface area contributed by atoms with Gasteiger partial charge in [0.1, 0.15) is 0 Å². The van der Waals surface area contributed by atoms with Crippen molar-refractivity contribution in [1.82, 2.24) is 19.6 Å². The van der Waals surface area contributed by atoms with Crippen LogP contribution >= 0.6 is 0 Å². The molecule has 56 valence electrons. The summed E-state index contributed by atoms with van der Waals surface area (Å²) in [5, 5.41) is 7.29. The lowest BCUT2D eigenvalue weighted by Crippen LogP contribution is -1.97. The molecule has 0 radical (unpaired) electrons. The Labute approximate surface area is 61.9 Å². The van der Waals surface area contributed by atoms with E-state index in [-0.39, 0.29) is 0 Å². The van der Waals surface area contributed by atoms with Crippen LogP contribution in [0.25, 0.3) is 5.78 Å². The van der Waals surface area contributed by atoms with Crippen molar-refractivity contribution >= 4 is 17.4 Å². The average Bonchev–Trinajstić information content (AvgIpc) is 2.33. The van der Waals surface area contributed by atoms with Crippen LogP contribution in [0.2, 0.25) is 0 Å². The molecule has 0 saturated heterocycles. The first-order valence-corrected chi connectivity index (χ1v) is 2.99. The Bertz CT molecular complexity index is 391. The number of nitrogens with zero attached hydrogens (tertiary/aromatic N) is 4. The van der Waals surface area contributed by atoms with Crippen LogP contribution in [0.5, 0.6) is 0 Å². The van der Waals surface area contributed by atoms with Gasteiger partial charge >= 0.3 is 0 Å². The van der Waals surface area contributed by atoms with Gasteiger partial charge < -0.3 is 11.5 Å². The lowest BCUT2D eigenvalue weighted by molar-refractivity contribution is 1.10. The third kappa shape index (κ3) is 0.759. The number of rotatable bonds is 0. The molecule has 2 rings (SSSR count). The second-order valence-corrected chi connectivity index (χ2v) is 2.12. The fourth-order valence-electron chi connectivity index (χ4n) is 0.821. The first-order valence-electron chi connectivity index (χ1n) is 2.99. The molecule has 0 atom stereocenters. The van der Waals surface area contributed by atoms with Gasteiger partial charge in [-0.05, 0) is 0 Å². The number of nitrogen functional groups attached to an aromatic ring is 2. The molecule has 2 aromatic heterocycles. The molecule has 4 N–H and O–H groups in total. The predicted octanol–water partition coefficient (Wildman–Crippen LogP) is -0.711. The van der Waals surface area contributed by atoms with E-state index in [1.807, 2.05) is 0 Å². The standard InChI is InChI=1S/C5H6N6/c6-3-1-8-5-10-9-4(7)11(5)2-3/h1-2H,6H2,(H2,7,9). The van der Waals surface area contributed by atoms with Crippen LogP contribution in [0.1, 0.15) is 0 Å². The first-order chi connectivity index (χ1) is 5.27. The van der Waals surface area contributed by atoms with Crippen LogP contribution in [0.3, 0.4) is 0 Å². The maximum Gasteiger partial charge on any atom is 0.256 e. The molecule has 0 aliphatic heterocycles. The van der Waals surface area contributed by atoms with Gasteiger partial charge in [0, 0.05) is 6.20 Å². The smallest absolute Gasteiger partial charge is 0.256 e. The van der Waals surface area contributed by atoms with Crippen LogP contribution in [0.4, 0.5) is 11.6 Å². The maximum absolute atomic E-state index is 5.46. The highest BCUT2D eigenvalue weighted by molar-refractivity contribution is 5.42.